The summed E-state index contributed by atoms with van der Waals surface area (Å²) in [7, 11) is 0. The highest BCUT2D eigenvalue weighted by Gasteiger charge is 2.13. The highest BCUT2D eigenvalue weighted by molar-refractivity contribution is 9.10. The number of hydrogen-bond acceptors (Lipinski definition) is 4. The normalized spacial score (nSPS) is 12.1. The van der Waals surface area contributed by atoms with Gasteiger partial charge in [0.05, 0.1) is 18.1 Å². The first-order chi connectivity index (χ1) is 11.6. The molecule has 1 atom stereocenters. The molecule has 0 saturated heterocycles. The highest BCUT2D eigenvalue weighted by atomic mass is 79.9. The average molecular weight is 406 g/mol. The summed E-state index contributed by atoms with van der Waals surface area (Å²) >= 11 is 4.82. The fourth-order valence-corrected chi connectivity index (χ4v) is 3.27. The second-order valence-electron chi connectivity index (χ2n) is 5.15. The molecule has 3 rings (SSSR count). The van der Waals surface area contributed by atoms with Crippen LogP contribution in [0.15, 0.2) is 69.1 Å². The molecule has 0 aliphatic carbocycles. The minimum atomic E-state index is -0.153. The van der Waals surface area contributed by atoms with E-state index >= 15 is 0 Å². The Bertz CT molecular complexity index is 800. The molecule has 2 heterocycles. The molecule has 124 valence electrons. The van der Waals surface area contributed by atoms with Gasteiger partial charge in [0.1, 0.15) is 5.76 Å². The van der Waals surface area contributed by atoms with Crippen LogP contribution in [-0.4, -0.2) is 21.2 Å². The van der Waals surface area contributed by atoms with Crippen molar-refractivity contribution in [3.8, 4) is 5.69 Å². The SMILES string of the molecule is CC(NC(=O)CSc1nccn1-c1ccc(Br)cc1)c1ccco1. The first-order valence-corrected chi connectivity index (χ1v) is 9.16. The summed E-state index contributed by atoms with van der Waals surface area (Å²) in [5.41, 5.74) is 1.00. The van der Waals surface area contributed by atoms with Gasteiger partial charge in [0, 0.05) is 22.6 Å². The predicted octanol–water partition coefficient (Wildman–Crippen LogP) is 4.20. The lowest BCUT2D eigenvalue weighted by atomic mass is 10.2. The number of benzene rings is 1. The van der Waals surface area contributed by atoms with E-state index in [0.717, 1.165) is 21.1 Å². The maximum Gasteiger partial charge on any atom is 0.231 e. The average Bonchev–Trinajstić information content (AvgIpc) is 3.25. The van der Waals surface area contributed by atoms with E-state index in [0.29, 0.717) is 5.75 Å². The molecule has 0 aliphatic rings. The molecular weight excluding hydrogens is 390 g/mol. The van der Waals surface area contributed by atoms with Gasteiger partial charge in [-0.1, -0.05) is 27.7 Å². The maximum atomic E-state index is 12.1. The fourth-order valence-electron chi connectivity index (χ4n) is 2.22. The van der Waals surface area contributed by atoms with E-state index in [9.17, 15) is 4.79 Å². The second-order valence-corrected chi connectivity index (χ2v) is 7.01. The molecular formula is C17H16BrN3O2S. The molecule has 3 aromatic rings. The third-order valence-corrected chi connectivity index (χ3v) is 4.89. The first kappa shape index (κ1) is 16.9. The minimum Gasteiger partial charge on any atom is -0.467 e. The highest BCUT2D eigenvalue weighted by Crippen LogP contribution is 2.22. The Kier molecular flexibility index (Phi) is 5.42. The van der Waals surface area contributed by atoms with Gasteiger partial charge in [-0.25, -0.2) is 4.98 Å². The van der Waals surface area contributed by atoms with Crippen LogP contribution >= 0.6 is 27.7 Å². The van der Waals surface area contributed by atoms with E-state index in [1.807, 2.05) is 54.1 Å². The quantitative estimate of drug-likeness (QED) is 0.624. The van der Waals surface area contributed by atoms with Crippen molar-refractivity contribution in [2.24, 2.45) is 0 Å². The van der Waals surface area contributed by atoms with E-state index in [4.69, 9.17) is 4.42 Å². The summed E-state index contributed by atoms with van der Waals surface area (Å²) < 4.78 is 8.27. The van der Waals surface area contributed by atoms with E-state index in [1.165, 1.54) is 11.8 Å². The Labute approximate surface area is 152 Å². The number of carbonyl (C=O) groups is 1. The van der Waals surface area contributed by atoms with Gasteiger partial charge in [0.2, 0.25) is 5.91 Å². The van der Waals surface area contributed by atoms with Gasteiger partial charge >= 0.3 is 0 Å². The van der Waals surface area contributed by atoms with Crippen molar-refractivity contribution in [2.45, 2.75) is 18.1 Å². The van der Waals surface area contributed by atoms with Gasteiger partial charge in [-0.15, -0.1) is 0 Å². The maximum absolute atomic E-state index is 12.1. The van der Waals surface area contributed by atoms with Gasteiger partial charge in [-0.3, -0.25) is 9.36 Å². The summed E-state index contributed by atoms with van der Waals surface area (Å²) in [4.78, 5) is 16.5. The molecule has 24 heavy (non-hydrogen) atoms. The largest absolute Gasteiger partial charge is 0.467 e. The number of nitrogens with zero attached hydrogens (tertiary/aromatic N) is 2. The standard InChI is InChI=1S/C17H16BrN3O2S/c1-12(15-3-2-10-23-15)20-16(22)11-24-17-19-8-9-21(17)14-6-4-13(18)5-7-14/h2-10,12H,11H2,1H3,(H,20,22). The number of hydrogen-bond donors (Lipinski definition) is 1. The van der Waals surface area contributed by atoms with Crippen LogP contribution in [0.2, 0.25) is 0 Å². The van der Waals surface area contributed by atoms with Crippen molar-refractivity contribution in [2.75, 3.05) is 5.75 Å². The van der Waals surface area contributed by atoms with E-state index in [-0.39, 0.29) is 11.9 Å². The minimum absolute atomic E-state index is 0.0609. The molecule has 0 fully saturated rings. The van der Waals surface area contributed by atoms with Crippen LogP contribution in [0, 0.1) is 0 Å². The van der Waals surface area contributed by atoms with Gasteiger partial charge in [0.25, 0.3) is 0 Å². The van der Waals surface area contributed by atoms with Crippen LogP contribution in [-0.2, 0) is 4.79 Å². The summed E-state index contributed by atoms with van der Waals surface area (Å²) in [6.07, 6.45) is 5.21. The van der Waals surface area contributed by atoms with E-state index < -0.39 is 0 Å². The predicted molar refractivity (Wildman–Crippen MR) is 97.3 cm³/mol. The van der Waals surface area contributed by atoms with Crippen LogP contribution in [0.4, 0.5) is 0 Å². The number of carbonyl (C=O) groups excluding carboxylic acids is 1. The molecule has 0 radical (unpaired) electrons. The Hall–Kier alpha value is -1.99. The topological polar surface area (TPSA) is 60.1 Å². The molecule has 5 nitrogen and oxygen atoms in total. The first-order valence-electron chi connectivity index (χ1n) is 7.38. The summed E-state index contributed by atoms with van der Waals surface area (Å²) in [5.74, 6) is 0.970. The van der Waals surface area contributed by atoms with Gasteiger partial charge in [0.15, 0.2) is 5.16 Å². The summed E-state index contributed by atoms with van der Waals surface area (Å²) in [6, 6.07) is 11.4. The van der Waals surface area contributed by atoms with Crippen molar-refractivity contribution >= 4 is 33.6 Å². The second kappa shape index (κ2) is 7.72. The van der Waals surface area contributed by atoms with Crippen molar-refractivity contribution < 1.29 is 9.21 Å². The van der Waals surface area contributed by atoms with E-state index in [2.05, 4.69) is 26.2 Å². The number of thioether (sulfide) groups is 1. The van der Waals surface area contributed by atoms with Gasteiger partial charge < -0.3 is 9.73 Å². The third-order valence-electron chi connectivity index (χ3n) is 3.39. The molecule has 0 saturated carbocycles. The Morgan fingerprint density at radius 1 is 1.38 bits per heavy atom. The smallest absolute Gasteiger partial charge is 0.231 e. The van der Waals surface area contributed by atoms with Crippen molar-refractivity contribution in [1.82, 2.24) is 14.9 Å². The monoisotopic (exact) mass is 405 g/mol. The van der Waals surface area contributed by atoms with E-state index in [1.54, 1.807) is 12.5 Å². The molecule has 0 aliphatic heterocycles. The zero-order valence-electron chi connectivity index (χ0n) is 13.0. The summed E-state index contributed by atoms with van der Waals surface area (Å²) in [5, 5.41) is 3.69. The molecule has 7 heteroatoms. The Balaban J connectivity index is 1.60. The number of nitrogens with one attached hydrogen (secondary N) is 1. The third kappa shape index (κ3) is 4.10. The lowest BCUT2D eigenvalue weighted by Gasteiger charge is -2.11. The summed E-state index contributed by atoms with van der Waals surface area (Å²) in [6.45, 7) is 1.89. The Morgan fingerprint density at radius 2 is 2.17 bits per heavy atom. The molecule has 0 bridgehead atoms. The zero-order valence-corrected chi connectivity index (χ0v) is 15.4. The van der Waals surface area contributed by atoms with Crippen LogP contribution in [0.25, 0.3) is 5.69 Å². The van der Waals surface area contributed by atoms with Crippen LogP contribution in [0.3, 0.4) is 0 Å². The van der Waals surface area contributed by atoms with Crippen LogP contribution in [0.5, 0.6) is 0 Å². The molecule has 1 N–H and O–H groups in total. The molecule has 1 amide bonds. The van der Waals surface area contributed by atoms with Crippen molar-refractivity contribution in [3.05, 3.63) is 65.3 Å². The Morgan fingerprint density at radius 3 is 2.88 bits per heavy atom. The molecule has 2 aromatic heterocycles. The van der Waals surface area contributed by atoms with Gasteiger partial charge in [-0.05, 0) is 43.3 Å². The number of amides is 1. The molecule has 1 aromatic carbocycles. The number of rotatable bonds is 6. The van der Waals surface area contributed by atoms with Crippen LogP contribution < -0.4 is 5.32 Å². The van der Waals surface area contributed by atoms with Gasteiger partial charge in [-0.2, -0.15) is 0 Å². The number of aromatic nitrogens is 2. The fraction of sp³-hybridized carbons (Fsp3) is 0.176. The number of halogens is 1. The van der Waals surface area contributed by atoms with Crippen molar-refractivity contribution in [3.63, 3.8) is 0 Å². The number of furan rings is 1. The van der Waals surface area contributed by atoms with Crippen LogP contribution in [0.1, 0.15) is 18.7 Å². The molecule has 0 spiro atoms. The lowest BCUT2D eigenvalue weighted by molar-refractivity contribution is -0.119. The molecule has 1 unspecified atom stereocenters. The zero-order chi connectivity index (χ0) is 16.9. The van der Waals surface area contributed by atoms with Crippen molar-refractivity contribution in [1.29, 1.82) is 0 Å². The number of imidazole rings is 1. The lowest BCUT2D eigenvalue weighted by Crippen LogP contribution is -2.28.